The molecule has 0 unspecified atom stereocenters. The fourth-order valence-corrected chi connectivity index (χ4v) is 4.56. The molecule has 0 aliphatic carbocycles. The van der Waals surface area contributed by atoms with Crippen LogP contribution in [0.2, 0.25) is 0 Å². The first-order chi connectivity index (χ1) is 16.4. The molecular formula is C25H31F2N5O2. The molecule has 0 atom stereocenters. The second-order valence-electron chi connectivity index (χ2n) is 8.92. The third kappa shape index (κ3) is 5.19. The van der Waals surface area contributed by atoms with Gasteiger partial charge in [-0.05, 0) is 18.7 Å². The summed E-state index contributed by atoms with van der Waals surface area (Å²) >= 11 is 0. The van der Waals surface area contributed by atoms with E-state index in [-0.39, 0.29) is 24.1 Å². The molecule has 0 radical (unpaired) electrons. The standard InChI is InChI=1S/C25H31F2N5O2/c1-4-23(20(27)5-10-26)34-19-7-13-31(14-8-19)25-24(18-6-12-32(15-18)17(2)33)28-22-16-30(3)11-9-21(22)29-25/h4-6,10,19H,1,7-9,11-16H2,2-3H3/b10-5+,23-20-. The monoisotopic (exact) mass is 471 g/mol. The van der Waals surface area contributed by atoms with Crippen LogP contribution in [0, 0.1) is 0 Å². The van der Waals surface area contributed by atoms with Gasteiger partial charge in [0.15, 0.2) is 17.4 Å². The molecule has 0 aromatic carbocycles. The third-order valence-electron chi connectivity index (χ3n) is 6.52. The molecule has 4 rings (SSSR count). The Balaban J connectivity index is 1.55. The summed E-state index contributed by atoms with van der Waals surface area (Å²) in [4.78, 5) is 28.2. The number of halogens is 2. The van der Waals surface area contributed by atoms with Crippen molar-refractivity contribution in [2.24, 2.45) is 0 Å². The van der Waals surface area contributed by atoms with Crippen LogP contribution in [0.3, 0.4) is 0 Å². The van der Waals surface area contributed by atoms with E-state index in [2.05, 4.69) is 29.5 Å². The van der Waals surface area contributed by atoms with Gasteiger partial charge in [-0.2, -0.15) is 0 Å². The predicted octanol–water partition coefficient (Wildman–Crippen LogP) is 3.55. The Morgan fingerprint density at radius 1 is 1.21 bits per heavy atom. The number of allylic oxidation sites excluding steroid dienone is 3. The molecule has 0 N–H and O–H groups in total. The highest BCUT2D eigenvalue weighted by Gasteiger charge is 2.30. The van der Waals surface area contributed by atoms with Crippen molar-refractivity contribution in [1.29, 1.82) is 0 Å². The van der Waals surface area contributed by atoms with Gasteiger partial charge in [-0.15, -0.1) is 0 Å². The van der Waals surface area contributed by atoms with E-state index in [1.807, 2.05) is 0 Å². The van der Waals surface area contributed by atoms with Gasteiger partial charge in [-0.3, -0.25) is 4.79 Å². The van der Waals surface area contributed by atoms with Gasteiger partial charge in [0.2, 0.25) is 5.91 Å². The predicted molar refractivity (Wildman–Crippen MR) is 127 cm³/mol. The summed E-state index contributed by atoms with van der Waals surface area (Å²) in [5.41, 5.74) is 3.87. The number of fused-ring (bicyclic) bond motifs is 1. The van der Waals surface area contributed by atoms with E-state index in [4.69, 9.17) is 14.7 Å². The summed E-state index contributed by atoms with van der Waals surface area (Å²) in [5.74, 6) is 0.0452. The molecule has 34 heavy (non-hydrogen) atoms. The average molecular weight is 472 g/mol. The van der Waals surface area contributed by atoms with Gasteiger partial charge >= 0.3 is 0 Å². The second-order valence-corrected chi connectivity index (χ2v) is 8.92. The lowest BCUT2D eigenvalue weighted by Gasteiger charge is -2.35. The van der Waals surface area contributed by atoms with E-state index in [0.29, 0.717) is 39.0 Å². The molecule has 182 valence electrons. The Labute approximate surface area is 199 Å². The summed E-state index contributed by atoms with van der Waals surface area (Å²) in [6, 6.07) is 0. The van der Waals surface area contributed by atoms with Crippen molar-refractivity contribution in [1.82, 2.24) is 19.8 Å². The fourth-order valence-electron chi connectivity index (χ4n) is 4.56. The number of likely N-dealkylation sites (N-methyl/N-ethyl adjacent to an activating group) is 1. The number of aromatic nitrogens is 2. The zero-order chi connectivity index (χ0) is 24.2. The highest BCUT2D eigenvalue weighted by Crippen LogP contribution is 2.32. The minimum absolute atomic E-state index is 0.0392. The SMILES string of the molecule is C=C/C(OC1CCN(c2nc3c(nc2C2=CCN(C(C)=O)C2)CN(C)CC3)CC1)=C(F)\C=C\F. The van der Waals surface area contributed by atoms with Crippen molar-refractivity contribution in [3.63, 3.8) is 0 Å². The van der Waals surface area contributed by atoms with Crippen LogP contribution in [0.25, 0.3) is 5.57 Å². The molecular weight excluding hydrogens is 440 g/mol. The van der Waals surface area contributed by atoms with Crippen LogP contribution in [-0.2, 0) is 22.5 Å². The lowest BCUT2D eigenvalue weighted by Crippen LogP contribution is -2.39. The molecule has 1 aromatic rings. The quantitative estimate of drug-likeness (QED) is 0.467. The Morgan fingerprint density at radius 3 is 2.62 bits per heavy atom. The smallest absolute Gasteiger partial charge is 0.220 e. The molecule has 9 heteroatoms. The van der Waals surface area contributed by atoms with Crippen LogP contribution in [-0.4, -0.2) is 71.6 Å². The molecule has 3 aliphatic heterocycles. The van der Waals surface area contributed by atoms with Gasteiger partial charge in [0.1, 0.15) is 11.8 Å². The molecule has 0 spiro atoms. The van der Waals surface area contributed by atoms with Crippen LogP contribution in [0.15, 0.2) is 42.7 Å². The highest BCUT2D eigenvalue weighted by molar-refractivity contribution is 5.82. The van der Waals surface area contributed by atoms with E-state index in [9.17, 15) is 13.6 Å². The number of hydrogen-bond acceptors (Lipinski definition) is 6. The Morgan fingerprint density at radius 2 is 1.97 bits per heavy atom. The Hall–Kier alpha value is -3.07. The van der Waals surface area contributed by atoms with Gasteiger partial charge in [0, 0.05) is 71.5 Å². The number of ether oxygens (including phenoxy) is 1. The number of amides is 1. The van der Waals surface area contributed by atoms with Crippen molar-refractivity contribution in [2.45, 2.75) is 38.8 Å². The van der Waals surface area contributed by atoms with Crippen molar-refractivity contribution < 1.29 is 18.3 Å². The summed E-state index contributed by atoms with van der Waals surface area (Å²) in [6.45, 7) is 9.28. The van der Waals surface area contributed by atoms with Crippen LogP contribution >= 0.6 is 0 Å². The summed E-state index contributed by atoms with van der Waals surface area (Å²) < 4.78 is 32.1. The largest absolute Gasteiger partial charge is 0.487 e. The Kier molecular flexibility index (Phi) is 7.41. The summed E-state index contributed by atoms with van der Waals surface area (Å²) in [5, 5.41) is 0. The molecule has 1 aromatic heterocycles. The lowest BCUT2D eigenvalue weighted by atomic mass is 10.0. The van der Waals surface area contributed by atoms with Crippen LogP contribution in [0.1, 0.15) is 36.8 Å². The molecule has 1 saturated heterocycles. The topological polar surface area (TPSA) is 61.8 Å². The number of anilines is 1. The van der Waals surface area contributed by atoms with E-state index in [1.54, 1.807) is 11.8 Å². The van der Waals surface area contributed by atoms with E-state index in [0.717, 1.165) is 54.1 Å². The number of rotatable bonds is 6. The second kappa shape index (κ2) is 10.5. The Bertz CT molecular complexity index is 1040. The first-order valence-electron chi connectivity index (χ1n) is 11.6. The van der Waals surface area contributed by atoms with Crippen molar-refractivity contribution in [3.05, 3.63) is 59.8 Å². The van der Waals surface area contributed by atoms with E-state index < -0.39 is 5.83 Å². The van der Waals surface area contributed by atoms with Crippen molar-refractivity contribution >= 4 is 17.3 Å². The van der Waals surface area contributed by atoms with Gasteiger partial charge in [-0.25, -0.2) is 18.7 Å². The fraction of sp³-hybridized carbons (Fsp3) is 0.480. The molecule has 0 saturated carbocycles. The lowest BCUT2D eigenvalue weighted by molar-refractivity contribution is -0.127. The first-order valence-corrected chi connectivity index (χ1v) is 11.6. The van der Waals surface area contributed by atoms with Crippen LogP contribution in [0.4, 0.5) is 14.6 Å². The van der Waals surface area contributed by atoms with Gasteiger partial charge in [-0.1, -0.05) is 12.7 Å². The molecule has 4 heterocycles. The molecule has 7 nitrogen and oxygen atoms in total. The average Bonchev–Trinajstić information content (AvgIpc) is 3.33. The number of nitrogens with zero attached hydrogens (tertiary/aromatic N) is 5. The number of carbonyl (C=O) groups excluding carboxylic acids is 1. The number of piperidine rings is 1. The molecule has 0 bridgehead atoms. The minimum atomic E-state index is -0.782. The van der Waals surface area contributed by atoms with Crippen LogP contribution in [0.5, 0.6) is 0 Å². The zero-order valence-corrected chi connectivity index (χ0v) is 19.8. The zero-order valence-electron chi connectivity index (χ0n) is 19.8. The summed E-state index contributed by atoms with van der Waals surface area (Å²) in [7, 11) is 2.08. The van der Waals surface area contributed by atoms with Gasteiger partial charge in [0.05, 0.1) is 17.7 Å². The normalized spacial score (nSPS) is 20.3. The van der Waals surface area contributed by atoms with E-state index >= 15 is 0 Å². The van der Waals surface area contributed by atoms with E-state index in [1.165, 1.54) is 6.08 Å². The number of hydrogen-bond donors (Lipinski definition) is 0. The number of carbonyl (C=O) groups is 1. The van der Waals surface area contributed by atoms with Crippen molar-refractivity contribution in [2.75, 3.05) is 44.7 Å². The van der Waals surface area contributed by atoms with Gasteiger partial charge < -0.3 is 19.4 Å². The maximum Gasteiger partial charge on any atom is 0.220 e. The molecule has 1 fully saturated rings. The first kappa shape index (κ1) is 24.1. The van der Waals surface area contributed by atoms with Crippen LogP contribution < -0.4 is 4.90 Å². The summed E-state index contributed by atoms with van der Waals surface area (Å²) in [6.07, 6.45) is 6.14. The maximum atomic E-state index is 14.0. The third-order valence-corrected chi connectivity index (χ3v) is 6.52. The van der Waals surface area contributed by atoms with Crippen molar-refractivity contribution in [3.8, 4) is 0 Å². The molecule has 3 aliphatic rings. The minimum Gasteiger partial charge on any atom is -0.487 e. The highest BCUT2D eigenvalue weighted by atomic mass is 19.1. The van der Waals surface area contributed by atoms with Gasteiger partial charge in [0.25, 0.3) is 0 Å². The molecule has 1 amide bonds. The maximum absolute atomic E-state index is 14.0.